The first-order chi connectivity index (χ1) is 10.1. The van der Waals surface area contributed by atoms with Gasteiger partial charge in [-0.25, -0.2) is 4.79 Å². The molecule has 0 aliphatic heterocycles. The summed E-state index contributed by atoms with van der Waals surface area (Å²) in [5.41, 5.74) is 2.39. The van der Waals surface area contributed by atoms with Gasteiger partial charge in [-0.15, -0.1) is 0 Å². The SMILES string of the molecule is Cc1ccc(C(=O)CCC(C)NC(=O)OC(C)(C)C)c(C)c1. The minimum absolute atomic E-state index is 0.107. The van der Waals surface area contributed by atoms with Crippen LogP contribution in [0.1, 0.15) is 62.0 Å². The molecule has 0 aliphatic carbocycles. The molecule has 1 unspecified atom stereocenters. The molecule has 1 rings (SSSR count). The first-order valence-corrected chi connectivity index (χ1v) is 7.68. The molecule has 0 aromatic heterocycles. The number of benzene rings is 1. The third-order valence-electron chi connectivity index (χ3n) is 3.25. The third-order valence-corrected chi connectivity index (χ3v) is 3.25. The standard InChI is InChI=1S/C18H27NO3/c1-12-7-9-15(13(2)11-12)16(20)10-8-14(3)19-17(21)22-18(4,5)6/h7,9,11,14H,8,10H2,1-6H3,(H,19,21). The highest BCUT2D eigenvalue weighted by Gasteiger charge is 2.18. The van der Waals surface area contributed by atoms with Crippen molar-refractivity contribution in [1.29, 1.82) is 0 Å². The molecule has 1 aromatic rings. The van der Waals surface area contributed by atoms with Crippen molar-refractivity contribution in [2.24, 2.45) is 0 Å². The second-order valence-corrected chi connectivity index (χ2v) is 6.83. The van der Waals surface area contributed by atoms with Crippen molar-refractivity contribution in [3.8, 4) is 0 Å². The van der Waals surface area contributed by atoms with Gasteiger partial charge in [-0.05, 0) is 53.5 Å². The van der Waals surface area contributed by atoms with E-state index in [9.17, 15) is 9.59 Å². The van der Waals surface area contributed by atoms with Gasteiger partial charge in [0, 0.05) is 18.0 Å². The van der Waals surface area contributed by atoms with E-state index >= 15 is 0 Å². The van der Waals surface area contributed by atoms with Gasteiger partial charge in [-0.2, -0.15) is 0 Å². The molecule has 1 amide bonds. The molecular weight excluding hydrogens is 278 g/mol. The van der Waals surface area contributed by atoms with E-state index in [2.05, 4.69) is 5.32 Å². The lowest BCUT2D eigenvalue weighted by Crippen LogP contribution is -2.37. The minimum atomic E-state index is -0.515. The number of nitrogens with one attached hydrogen (secondary N) is 1. The zero-order valence-electron chi connectivity index (χ0n) is 14.4. The summed E-state index contributed by atoms with van der Waals surface area (Å²) in [6, 6.07) is 5.72. The highest BCUT2D eigenvalue weighted by atomic mass is 16.6. The Morgan fingerprint density at radius 3 is 2.41 bits per heavy atom. The smallest absolute Gasteiger partial charge is 0.407 e. The molecule has 4 nitrogen and oxygen atoms in total. The number of rotatable bonds is 5. The van der Waals surface area contributed by atoms with E-state index in [4.69, 9.17) is 4.74 Å². The van der Waals surface area contributed by atoms with Crippen molar-refractivity contribution in [2.45, 2.75) is 66.0 Å². The van der Waals surface area contributed by atoms with Crippen molar-refractivity contribution in [3.05, 3.63) is 34.9 Å². The first-order valence-electron chi connectivity index (χ1n) is 7.68. The van der Waals surface area contributed by atoms with Gasteiger partial charge >= 0.3 is 6.09 Å². The van der Waals surface area contributed by atoms with E-state index in [0.29, 0.717) is 12.8 Å². The van der Waals surface area contributed by atoms with Gasteiger partial charge < -0.3 is 10.1 Å². The highest BCUT2D eigenvalue weighted by molar-refractivity contribution is 5.97. The Morgan fingerprint density at radius 2 is 1.86 bits per heavy atom. The fourth-order valence-corrected chi connectivity index (χ4v) is 2.19. The second kappa shape index (κ2) is 7.43. The van der Waals surface area contributed by atoms with E-state index in [1.165, 1.54) is 0 Å². The van der Waals surface area contributed by atoms with Crippen LogP contribution in [0.15, 0.2) is 18.2 Å². The molecule has 1 aromatic carbocycles. The molecule has 0 fully saturated rings. The number of carbonyl (C=O) groups is 2. The van der Waals surface area contributed by atoms with Crippen LogP contribution in [0, 0.1) is 13.8 Å². The summed E-state index contributed by atoms with van der Waals surface area (Å²) in [7, 11) is 0. The van der Waals surface area contributed by atoms with Crippen LogP contribution < -0.4 is 5.32 Å². The summed E-state index contributed by atoms with van der Waals surface area (Å²) >= 11 is 0. The second-order valence-electron chi connectivity index (χ2n) is 6.83. The van der Waals surface area contributed by atoms with E-state index in [-0.39, 0.29) is 11.8 Å². The van der Waals surface area contributed by atoms with Crippen LogP contribution in [-0.2, 0) is 4.74 Å². The summed E-state index contributed by atoms with van der Waals surface area (Å²) in [5.74, 6) is 0.107. The number of hydrogen-bond acceptors (Lipinski definition) is 3. The van der Waals surface area contributed by atoms with Gasteiger partial charge in [0.2, 0.25) is 0 Å². The Morgan fingerprint density at radius 1 is 1.23 bits per heavy atom. The maximum Gasteiger partial charge on any atom is 0.407 e. The highest BCUT2D eigenvalue weighted by Crippen LogP contribution is 2.14. The van der Waals surface area contributed by atoms with Crippen molar-refractivity contribution in [2.75, 3.05) is 0 Å². The zero-order valence-corrected chi connectivity index (χ0v) is 14.4. The van der Waals surface area contributed by atoms with Crippen molar-refractivity contribution in [3.63, 3.8) is 0 Å². The predicted octanol–water partition coefficient (Wildman–Crippen LogP) is 4.18. The fourth-order valence-electron chi connectivity index (χ4n) is 2.19. The van der Waals surface area contributed by atoms with E-state index in [0.717, 1.165) is 16.7 Å². The van der Waals surface area contributed by atoms with Crippen LogP contribution in [0.4, 0.5) is 4.79 Å². The van der Waals surface area contributed by atoms with Crippen LogP contribution in [-0.4, -0.2) is 23.5 Å². The van der Waals surface area contributed by atoms with Crippen molar-refractivity contribution >= 4 is 11.9 Å². The average molecular weight is 305 g/mol. The summed E-state index contributed by atoms with van der Waals surface area (Å²) in [6.07, 6.45) is 0.547. The topological polar surface area (TPSA) is 55.4 Å². The summed E-state index contributed by atoms with van der Waals surface area (Å²) < 4.78 is 5.20. The summed E-state index contributed by atoms with van der Waals surface area (Å²) in [4.78, 5) is 23.9. The quantitative estimate of drug-likeness (QED) is 0.830. The molecule has 22 heavy (non-hydrogen) atoms. The monoisotopic (exact) mass is 305 g/mol. The third kappa shape index (κ3) is 6.29. The Hall–Kier alpha value is -1.84. The zero-order chi connectivity index (χ0) is 16.9. The number of hydrogen-bond donors (Lipinski definition) is 1. The average Bonchev–Trinajstić information content (AvgIpc) is 2.33. The first kappa shape index (κ1) is 18.2. The number of ketones is 1. The molecule has 0 saturated heterocycles. The summed E-state index contributed by atoms with van der Waals surface area (Å²) in [5, 5.41) is 2.75. The number of aryl methyl sites for hydroxylation is 2. The minimum Gasteiger partial charge on any atom is -0.444 e. The lowest BCUT2D eigenvalue weighted by Gasteiger charge is -2.21. The molecular formula is C18H27NO3. The molecule has 0 bridgehead atoms. The summed E-state index contributed by atoms with van der Waals surface area (Å²) in [6.45, 7) is 11.3. The molecule has 4 heteroatoms. The normalized spacial score (nSPS) is 12.6. The Kier molecular flexibility index (Phi) is 6.15. The van der Waals surface area contributed by atoms with Gasteiger partial charge in [0.25, 0.3) is 0 Å². The maximum atomic E-state index is 12.3. The van der Waals surface area contributed by atoms with E-state index < -0.39 is 11.7 Å². The van der Waals surface area contributed by atoms with Crippen molar-refractivity contribution in [1.82, 2.24) is 5.32 Å². The number of ether oxygens (including phenoxy) is 1. The fraction of sp³-hybridized carbons (Fsp3) is 0.556. The molecule has 0 spiro atoms. The molecule has 0 saturated carbocycles. The molecule has 1 N–H and O–H groups in total. The lowest BCUT2D eigenvalue weighted by molar-refractivity contribution is 0.0504. The van der Waals surface area contributed by atoms with Gasteiger partial charge in [0.15, 0.2) is 5.78 Å². The molecule has 122 valence electrons. The van der Waals surface area contributed by atoms with Gasteiger partial charge in [0.1, 0.15) is 5.60 Å². The largest absolute Gasteiger partial charge is 0.444 e. The number of alkyl carbamates (subject to hydrolysis) is 1. The Bertz CT molecular complexity index is 544. The van der Waals surface area contributed by atoms with E-state index in [1.807, 2.05) is 59.7 Å². The van der Waals surface area contributed by atoms with Gasteiger partial charge in [-0.1, -0.05) is 23.8 Å². The van der Waals surface area contributed by atoms with Crippen LogP contribution in [0.2, 0.25) is 0 Å². The number of amides is 1. The van der Waals surface area contributed by atoms with Crippen LogP contribution in [0.3, 0.4) is 0 Å². The molecule has 0 radical (unpaired) electrons. The van der Waals surface area contributed by atoms with Gasteiger partial charge in [0.05, 0.1) is 0 Å². The number of Topliss-reactive ketones (excluding diaryl/α,β-unsaturated/α-hetero) is 1. The maximum absolute atomic E-state index is 12.3. The van der Waals surface area contributed by atoms with Gasteiger partial charge in [-0.3, -0.25) is 4.79 Å². The molecule has 0 heterocycles. The predicted molar refractivity (Wildman–Crippen MR) is 88.3 cm³/mol. The lowest BCUT2D eigenvalue weighted by atomic mass is 9.98. The van der Waals surface area contributed by atoms with E-state index in [1.54, 1.807) is 0 Å². The Balaban J connectivity index is 2.48. The Labute approximate surface area is 133 Å². The van der Waals surface area contributed by atoms with Crippen molar-refractivity contribution < 1.29 is 14.3 Å². The van der Waals surface area contributed by atoms with Crippen LogP contribution >= 0.6 is 0 Å². The number of carbonyl (C=O) groups excluding carboxylic acids is 2. The molecule has 0 aliphatic rings. The molecule has 1 atom stereocenters. The van der Waals surface area contributed by atoms with Crippen LogP contribution in [0.25, 0.3) is 0 Å². The van der Waals surface area contributed by atoms with Crippen LogP contribution in [0.5, 0.6) is 0 Å².